The lowest BCUT2D eigenvalue weighted by Gasteiger charge is -2.18. The van der Waals surface area contributed by atoms with Crippen LogP contribution in [0.15, 0.2) is 24.3 Å². The Balaban J connectivity index is 2.12. The number of terminal acetylenes is 1. The van der Waals surface area contributed by atoms with E-state index in [2.05, 4.69) is 5.92 Å². The third-order valence-corrected chi connectivity index (χ3v) is 4.12. The number of hydrogen-bond donors (Lipinski definition) is 0. The van der Waals surface area contributed by atoms with Gasteiger partial charge in [0.25, 0.3) is 0 Å². The molecule has 1 aromatic rings. The molecule has 1 aromatic carbocycles. The summed E-state index contributed by atoms with van der Waals surface area (Å²) in [4.78, 5) is 24.8. The molecule has 2 rings (SSSR count). The molecule has 0 N–H and O–H groups in total. The molecule has 3 nitrogen and oxygen atoms in total. The zero-order valence-corrected chi connectivity index (χ0v) is 11.6. The third-order valence-electron chi connectivity index (χ3n) is 3.08. The predicted octanol–water partition coefficient (Wildman–Crippen LogP) is 2.30. The van der Waals surface area contributed by atoms with Crippen LogP contribution in [0.4, 0.5) is 5.69 Å². The van der Waals surface area contributed by atoms with Crippen LogP contribution in [0.5, 0.6) is 0 Å². The van der Waals surface area contributed by atoms with Gasteiger partial charge in [-0.1, -0.05) is 29.8 Å². The topological polar surface area (TPSA) is 37.4 Å². The minimum atomic E-state index is 0.0804. The van der Waals surface area contributed by atoms with Gasteiger partial charge in [-0.3, -0.25) is 9.59 Å². The fourth-order valence-corrected chi connectivity index (χ4v) is 2.89. The quantitative estimate of drug-likeness (QED) is 0.793. The van der Waals surface area contributed by atoms with Crippen LogP contribution in [-0.2, 0) is 9.59 Å². The Bertz CT molecular complexity index is 547. The first kappa shape index (κ1) is 13.7. The van der Waals surface area contributed by atoms with Crippen LogP contribution in [0.3, 0.4) is 0 Å². The number of thioether (sulfide) groups is 1. The number of carbonyl (C=O) groups excluding carboxylic acids is 2. The highest BCUT2D eigenvalue weighted by Crippen LogP contribution is 2.29. The first-order valence-electron chi connectivity index (χ1n) is 6.11. The molecule has 0 spiro atoms. The van der Waals surface area contributed by atoms with Crippen molar-refractivity contribution in [2.24, 2.45) is 5.92 Å². The van der Waals surface area contributed by atoms with E-state index >= 15 is 0 Å². The minimum Gasteiger partial charge on any atom is -0.311 e. The molecule has 1 aliphatic heterocycles. The second kappa shape index (κ2) is 5.94. The second-order valence-corrected chi connectivity index (χ2v) is 5.74. The second-order valence-electron chi connectivity index (χ2n) is 4.54. The highest BCUT2D eigenvalue weighted by atomic mass is 32.2. The lowest BCUT2D eigenvalue weighted by molar-refractivity contribution is -0.117. The molecular weight excluding hydrogens is 258 g/mol. The van der Waals surface area contributed by atoms with Gasteiger partial charge in [0.1, 0.15) is 0 Å². The molecule has 0 bridgehead atoms. The fraction of sp³-hybridized carbons (Fsp3) is 0.333. The fourth-order valence-electron chi connectivity index (χ4n) is 2.19. The van der Waals surface area contributed by atoms with E-state index in [1.807, 2.05) is 24.3 Å². The Morgan fingerprint density at radius 3 is 2.95 bits per heavy atom. The summed E-state index contributed by atoms with van der Waals surface area (Å²) in [5.41, 5.74) is 1.53. The van der Waals surface area contributed by atoms with Crippen molar-refractivity contribution in [3.05, 3.63) is 29.8 Å². The van der Waals surface area contributed by atoms with Crippen molar-refractivity contribution in [2.75, 3.05) is 17.2 Å². The van der Waals surface area contributed by atoms with Gasteiger partial charge >= 0.3 is 0 Å². The van der Waals surface area contributed by atoms with E-state index in [9.17, 15) is 9.59 Å². The van der Waals surface area contributed by atoms with Crippen molar-refractivity contribution >= 4 is 28.5 Å². The summed E-state index contributed by atoms with van der Waals surface area (Å²) in [6, 6.07) is 7.44. The number of carbonyl (C=O) groups is 2. The molecule has 1 amide bonds. The number of hydrogen-bond acceptors (Lipinski definition) is 3. The summed E-state index contributed by atoms with van der Waals surface area (Å²) in [5.74, 6) is 3.59. The number of anilines is 1. The van der Waals surface area contributed by atoms with E-state index in [0.29, 0.717) is 18.7 Å². The maximum Gasteiger partial charge on any atom is 0.227 e. The number of amides is 1. The van der Waals surface area contributed by atoms with Gasteiger partial charge in [-0.05, 0) is 18.1 Å². The van der Waals surface area contributed by atoms with E-state index in [1.165, 1.54) is 11.8 Å². The molecule has 0 aromatic heterocycles. The SMILES string of the molecule is C#Cc1ccccc1N1CC(CSC(C)=O)CC1=O. The summed E-state index contributed by atoms with van der Waals surface area (Å²) in [6.07, 6.45) is 5.95. The van der Waals surface area contributed by atoms with Gasteiger partial charge in [0.15, 0.2) is 5.12 Å². The van der Waals surface area contributed by atoms with E-state index in [4.69, 9.17) is 6.42 Å². The van der Waals surface area contributed by atoms with Crippen molar-refractivity contribution < 1.29 is 9.59 Å². The zero-order chi connectivity index (χ0) is 13.8. The molecule has 1 atom stereocenters. The molecule has 1 aliphatic rings. The monoisotopic (exact) mass is 273 g/mol. The van der Waals surface area contributed by atoms with Crippen LogP contribution in [0.2, 0.25) is 0 Å². The van der Waals surface area contributed by atoms with Crippen LogP contribution in [0.25, 0.3) is 0 Å². The molecule has 0 radical (unpaired) electrons. The maximum atomic E-state index is 12.1. The maximum absolute atomic E-state index is 12.1. The van der Waals surface area contributed by atoms with E-state index in [0.717, 1.165) is 11.3 Å². The molecule has 0 aliphatic carbocycles. The first-order valence-corrected chi connectivity index (χ1v) is 7.09. The van der Waals surface area contributed by atoms with E-state index < -0.39 is 0 Å². The number of benzene rings is 1. The van der Waals surface area contributed by atoms with Gasteiger partial charge < -0.3 is 4.90 Å². The van der Waals surface area contributed by atoms with Crippen molar-refractivity contribution in [1.82, 2.24) is 0 Å². The summed E-state index contributed by atoms with van der Waals surface area (Å²) < 4.78 is 0. The molecule has 1 fully saturated rings. The molecule has 1 saturated heterocycles. The van der Waals surface area contributed by atoms with Crippen LogP contribution < -0.4 is 4.90 Å². The third kappa shape index (κ3) is 3.18. The number of para-hydroxylation sites is 1. The highest BCUT2D eigenvalue weighted by molar-refractivity contribution is 8.13. The van der Waals surface area contributed by atoms with Crippen molar-refractivity contribution in [2.45, 2.75) is 13.3 Å². The first-order chi connectivity index (χ1) is 9.11. The molecule has 1 unspecified atom stereocenters. The van der Waals surface area contributed by atoms with Crippen LogP contribution in [-0.4, -0.2) is 23.3 Å². The van der Waals surface area contributed by atoms with Crippen molar-refractivity contribution in [1.29, 1.82) is 0 Å². The van der Waals surface area contributed by atoms with E-state index in [1.54, 1.807) is 11.8 Å². The largest absolute Gasteiger partial charge is 0.311 e. The standard InChI is InChI=1S/C15H15NO2S/c1-3-13-6-4-5-7-14(13)16-9-12(8-15(16)18)10-19-11(2)17/h1,4-7,12H,8-10H2,2H3. The number of nitrogens with zero attached hydrogens (tertiary/aromatic N) is 1. The highest BCUT2D eigenvalue weighted by Gasteiger charge is 2.31. The van der Waals surface area contributed by atoms with E-state index in [-0.39, 0.29) is 16.9 Å². The summed E-state index contributed by atoms with van der Waals surface area (Å²) in [6.45, 7) is 2.19. The Labute approximate surface area is 117 Å². The average Bonchev–Trinajstić information content (AvgIpc) is 2.77. The Hall–Kier alpha value is -1.73. The van der Waals surface area contributed by atoms with Gasteiger partial charge in [-0.15, -0.1) is 6.42 Å². The Morgan fingerprint density at radius 1 is 1.53 bits per heavy atom. The normalized spacial score (nSPS) is 18.4. The molecule has 0 saturated carbocycles. The minimum absolute atomic E-state index is 0.0804. The Morgan fingerprint density at radius 2 is 2.26 bits per heavy atom. The molecule has 1 heterocycles. The smallest absolute Gasteiger partial charge is 0.227 e. The zero-order valence-electron chi connectivity index (χ0n) is 10.8. The number of rotatable bonds is 3. The average molecular weight is 273 g/mol. The van der Waals surface area contributed by atoms with Gasteiger partial charge in [0.2, 0.25) is 5.91 Å². The lowest BCUT2D eigenvalue weighted by atomic mass is 10.1. The van der Waals surface area contributed by atoms with Crippen molar-refractivity contribution in [3.63, 3.8) is 0 Å². The van der Waals surface area contributed by atoms with Crippen LogP contribution in [0, 0.1) is 18.3 Å². The van der Waals surface area contributed by atoms with Crippen molar-refractivity contribution in [3.8, 4) is 12.3 Å². The molecule has 4 heteroatoms. The van der Waals surface area contributed by atoms with Gasteiger partial charge in [0, 0.05) is 31.2 Å². The predicted molar refractivity (Wildman–Crippen MR) is 78.0 cm³/mol. The van der Waals surface area contributed by atoms with Crippen LogP contribution in [0.1, 0.15) is 18.9 Å². The Kier molecular flexibility index (Phi) is 4.28. The van der Waals surface area contributed by atoms with Gasteiger partial charge in [-0.25, -0.2) is 0 Å². The summed E-state index contributed by atoms with van der Waals surface area (Å²) in [5, 5.41) is 0.0925. The molecule has 19 heavy (non-hydrogen) atoms. The molecular formula is C15H15NO2S. The van der Waals surface area contributed by atoms with Gasteiger partial charge in [0.05, 0.1) is 5.69 Å². The summed E-state index contributed by atoms with van der Waals surface area (Å²) >= 11 is 1.28. The van der Waals surface area contributed by atoms with Crippen LogP contribution >= 0.6 is 11.8 Å². The summed E-state index contributed by atoms with van der Waals surface area (Å²) in [7, 11) is 0. The van der Waals surface area contributed by atoms with Gasteiger partial charge in [-0.2, -0.15) is 0 Å². The molecule has 98 valence electrons. The lowest BCUT2D eigenvalue weighted by Crippen LogP contribution is -2.25.